The maximum absolute atomic E-state index is 10.8. The van der Waals surface area contributed by atoms with Gasteiger partial charge in [0.1, 0.15) is 0 Å². The number of carbonyl (C=O) groups is 1. The van der Waals surface area contributed by atoms with Crippen molar-refractivity contribution in [2.45, 2.75) is 18.8 Å². The van der Waals surface area contributed by atoms with Gasteiger partial charge in [0.05, 0.1) is 6.61 Å². The van der Waals surface area contributed by atoms with Crippen molar-refractivity contribution < 1.29 is 18.7 Å². The van der Waals surface area contributed by atoms with Gasteiger partial charge in [-0.15, -0.1) is 0 Å². The summed E-state index contributed by atoms with van der Waals surface area (Å²) in [5.41, 5.74) is 0. The fraction of sp³-hybridized carbons (Fsp3) is 0.700. The number of ether oxygens (including phenoxy) is 2. The van der Waals surface area contributed by atoms with E-state index in [1.807, 2.05) is 0 Å². The molecule has 0 radical (unpaired) electrons. The summed E-state index contributed by atoms with van der Waals surface area (Å²) in [5, 5.41) is 2.71. The molecule has 0 spiro atoms. The SMILES string of the molecule is C=CC(=O)NCCC[SiH2]OCC(OC)OC. The van der Waals surface area contributed by atoms with Gasteiger partial charge in [0.15, 0.2) is 16.1 Å². The lowest BCUT2D eigenvalue weighted by Gasteiger charge is -2.13. The van der Waals surface area contributed by atoms with Gasteiger partial charge < -0.3 is 19.2 Å². The molecule has 0 saturated heterocycles. The Morgan fingerprint density at radius 2 is 2.19 bits per heavy atom. The molecule has 0 atom stereocenters. The molecule has 94 valence electrons. The van der Waals surface area contributed by atoms with E-state index in [2.05, 4.69) is 11.9 Å². The van der Waals surface area contributed by atoms with Crippen LogP contribution in [0.2, 0.25) is 6.04 Å². The number of hydrogen-bond acceptors (Lipinski definition) is 4. The van der Waals surface area contributed by atoms with Crippen LogP contribution >= 0.6 is 0 Å². The first kappa shape index (κ1) is 15.3. The largest absolute Gasteiger partial charge is 0.419 e. The molecule has 6 heteroatoms. The Labute approximate surface area is 99.1 Å². The fourth-order valence-electron chi connectivity index (χ4n) is 1.02. The first-order chi connectivity index (χ1) is 7.74. The summed E-state index contributed by atoms with van der Waals surface area (Å²) < 4.78 is 15.4. The minimum atomic E-state index is -0.538. The minimum Gasteiger partial charge on any atom is -0.419 e. The molecule has 0 bridgehead atoms. The van der Waals surface area contributed by atoms with Crippen molar-refractivity contribution in [3.8, 4) is 0 Å². The van der Waals surface area contributed by atoms with Gasteiger partial charge in [0, 0.05) is 20.8 Å². The van der Waals surface area contributed by atoms with Gasteiger partial charge >= 0.3 is 0 Å². The highest BCUT2D eigenvalue weighted by Gasteiger charge is 2.03. The zero-order valence-electron chi connectivity index (χ0n) is 10.0. The van der Waals surface area contributed by atoms with E-state index in [4.69, 9.17) is 13.9 Å². The zero-order valence-corrected chi connectivity index (χ0v) is 11.4. The lowest BCUT2D eigenvalue weighted by molar-refractivity contribution is -0.121. The molecule has 0 fully saturated rings. The Kier molecular flexibility index (Phi) is 10.3. The van der Waals surface area contributed by atoms with Gasteiger partial charge in [0.25, 0.3) is 0 Å². The highest BCUT2D eigenvalue weighted by molar-refractivity contribution is 6.27. The second-order valence-electron chi connectivity index (χ2n) is 3.18. The molecule has 0 aliphatic rings. The molecule has 0 aliphatic heterocycles. The van der Waals surface area contributed by atoms with Crippen LogP contribution in [0.25, 0.3) is 0 Å². The van der Waals surface area contributed by atoms with E-state index in [-0.39, 0.29) is 12.2 Å². The summed E-state index contributed by atoms with van der Waals surface area (Å²) in [6.45, 7) is 4.54. The maximum atomic E-state index is 10.8. The number of amides is 1. The molecule has 0 rings (SSSR count). The monoisotopic (exact) mass is 247 g/mol. The Morgan fingerprint density at radius 3 is 2.75 bits per heavy atom. The van der Waals surface area contributed by atoms with E-state index < -0.39 is 9.76 Å². The van der Waals surface area contributed by atoms with Crippen LogP contribution in [-0.4, -0.2) is 49.3 Å². The van der Waals surface area contributed by atoms with E-state index in [0.29, 0.717) is 13.2 Å². The van der Waals surface area contributed by atoms with Gasteiger partial charge in [-0.3, -0.25) is 4.79 Å². The molecule has 0 saturated carbocycles. The third kappa shape index (κ3) is 8.60. The van der Waals surface area contributed by atoms with Gasteiger partial charge in [-0.2, -0.15) is 0 Å². The molecule has 0 heterocycles. The lowest BCUT2D eigenvalue weighted by atomic mass is 10.4. The first-order valence-corrected chi connectivity index (χ1v) is 6.86. The second-order valence-corrected chi connectivity index (χ2v) is 4.70. The molecule has 0 aromatic carbocycles. The minimum absolute atomic E-state index is 0.124. The van der Waals surface area contributed by atoms with Crippen molar-refractivity contribution in [1.82, 2.24) is 5.32 Å². The Morgan fingerprint density at radius 1 is 1.50 bits per heavy atom. The number of carbonyl (C=O) groups excluding carboxylic acids is 1. The van der Waals surface area contributed by atoms with Crippen LogP contribution in [0.5, 0.6) is 0 Å². The average Bonchev–Trinajstić information content (AvgIpc) is 2.32. The topological polar surface area (TPSA) is 56.8 Å². The highest BCUT2D eigenvalue weighted by Crippen LogP contribution is 1.93. The molecular weight excluding hydrogens is 226 g/mol. The Bertz CT molecular complexity index is 197. The highest BCUT2D eigenvalue weighted by atomic mass is 28.2. The molecule has 1 amide bonds. The smallest absolute Gasteiger partial charge is 0.243 e. The van der Waals surface area contributed by atoms with Crippen LogP contribution in [0.3, 0.4) is 0 Å². The molecule has 5 nitrogen and oxygen atoms in total. The fourth-order valence-corrected chi connectivity index (χ4v) is 2.04. The summed E-state index contributed by atoms with van der Waals surface area (Å²) in [4.78, 5) is 10.8. The normalized spacial score (nSPS) is 11.2. The van der Waals surface area contributed by atoms with Crippen LogP contribution in [0.15, 0.2) is 12.7 Å². The van der Waals surface area contributed by atoms with Gasteiger partial charge in [-0.05, 0) is 18.5 Å². The van der Waals surface area contributed by atoms with E-state index in [0.717, 1.165) is 12.5 Å². The van der Waals surface area contributed by atoms with Crippen molar-refractivity contribution in [3.05, 3.63) is 12.7 Å². The van der Waals surface area contributed by atoms with E-state index in [9.17, 15) is 4.79 Å². The zero-order chi connectivity index (χ0) is 12.2. The van der Waals surface area contributed by atoms with Crippen molar-refractivity contribution >= 4 is 15.7 Å². The molecule has 0 aromatic rings. The predicted octanol–water partition coefficient (Wildman–Crippen LogP) is -0.184. The summed E-state index contributed by atoms with van der Waals surface area (Å²) in [5.74, 6) is -0.124. The average molecular weight is 247 g/mol. The molecule has 16 heavy (non-hydrogen) atoms. The second kappa shape index (κ2) is 10.8. The lowest BCUT2D eigenvalue weighted by Crippen LogP contribution is -2.23. The van der Waals surface area contributed by atoms with Crippen molar-refractivity contribution in [2.24, 2.45) is 0 Å². The third-order valence-corrected chi connectivity index (χ3v) is 3.29. The van der Waals surface area contributed by atoms with E-state index in [1.54, 1.807) is 14.2 Å². The third-order valence-electron chi connectivity index (χ3n) is 1.98. The van der Waals surface area contributed by atoms with Gasteiger partial charge in [-0.25, -0.2) is 0 Å². The number of methoxy groups -OCH3 is 2. The quantitative estimate of drug-likeness (QED) is 0.252. The Balaban J connectivity index is 3.21. The maximum Gasteiger partial charge on any atom is 0.243 e. The van der Waals surface area contributed by atoms with Crippen molar-refractivity contribution in [1.29, 1.82) is 0 Å². The molecular formula is C10H21NO4Si. The number of rotatable bonds is 10. The van der Waals surface area contributed by atoms with Crippen LogP contribution in [0, 0.1) is 0 Å². The van der Waals surface area contributed by atoms with E-state index >= 15 is 0 Å². The Hall–Kier alpha value is -0.693. The van der Waals surface area contributed by atoms with Crippen molar-refractivity contribution in [3.63, 3.8) is 0 Å². The first-order valence-electron chi connectivity index (χ1n) is 5.28. The summed E-state index contributed by atoms with van der Waals surface area (Å²) in [6.07, 6.45) is 1.94. The molecule has 0 aliphatic carbocycles. The van der Waals surface area contributed by atoms with Crippen LogP contribution in [-0.2, 0) is 18.7 Å². The molecule has 1 N–H and O–H groups in total. The summed E-state index contributed by atoms with van der Waals surface area (Å²) in [7, 11) is 2.64. The van der Waals surface area contributed by atoms with E-state index in [1.165, 1.54) is 6.08 Å². The molecule has 0 aromatic heterocycles. The van der Waals surface area contributed by atoms with Crippen molar-refractivity contribution in [2.75, 3.05) is 27.4 Å². The van der Waals surface area contributed by atoms with Crippen LogP contribution in [0.4, 0.5) is 0 Å². The van der Waals surface area contributed by atoms with Gasteiger partial charge in [0.2, 0.25) is 5.91 Å². The number of nitrogens with one attached hydrogen (secondary N) is 1. The van der Waals surface area contributed by atoms with Crippen LogP contribution < -0.4 is 5.32 Å². The van der Waals surface area contributed by atoms with Gasteiger partial charge in [-0.1, -0.05) is 6.58 Å². The van der Waals surface area contributed by atoms with Crippen LogP contribution in [0.1, 0.15) is 6.42 Å². The predicted molar refractivity (Wildman–Crippen MR) is 64.9 cm³/mol. The number of hydrogen-bond donors (Lipinski definition) is 1. The summed E-state index contributed by atoms with van der Waals surface area (Å²) >= 11 is 0. The summed E-state index contributed by atoms with van der Waals surface area (Å²) in [6, 6.07) is 1.03. The standard InChI is InChI=1S/C10H21NO4Si/c1-4-9(12)11-6-5-7-16-15-8-10(13-2)14-3/h4,10H,1,5-8,16H2,2-3H3,(H,11,12). The molecule has 0 unspecified atom stereocenters.